The van der Waals surface area contributed by atoms with Crippen molar-refractivity contribution >= 4 is 17.3 Å². The molecule has 0 aliphatic heterocycles. The van der Waals surface area contributed by atoms with Crippen molar-refractivity contribution in [2.75, 3.05) is 5.32 Å². The summed E-state index contributed by atoms with van der Waals surface area (Å²) in [6.07, 6.45) is 3.49. The van der Waals surface area contributed by atoms with Crippen LogP contribution in [-0.2, 0) is 6.54 Å². The van der Waals surface area contributed by atoms with Crippen LogP contribution in [0.5, 0.6) is 0 Å². The normalized spacial score (nSPS) is 10.7. The molecular formula is C15H14N4O2. The maximum Gasteiger partial charge on any atom is 0.335 e. The quantitative estimate of drug-likeness (QED) is 0.768. The predicted molar refractivity (Wildman–Crippen MR) is 78.5 cm³/mol. The van der Waals surface area contributed by atoms with E-state index >= 15 is 0 Å². The summed E-state index contributed by atoms with van der Waals surface area (Å²) >= 11 is 0. The molecular weight excluding hydrogens is 268 g/mol. The summed E-state index contributed by atoms with van der Waals surface area (Å²) in [7, 11) is 0. The van der Waals surface area contributed by atoms with Gasteiger partial charge < -0.3 is 10.4 Å². The number of aromatic carboxylic acids is 1. The molecule has 0 fully saturated rings. The number of anilines is 1. The standard InChI is InChI=1S/C15H14N4O2/c1-10-8-13-14(16-6-7-19(13)18-10)17-9-11-2-4-12(5-3-11)15(20)21/h2-8H,9H2,1H3,(H,16,17)(H,20,21). The number of carboxylic acids is 1. The number of fused-ring (bicyclic) bond motifs is 1. The first kappa shape index (κ1) is 13.1. The highest BCUT2D eigenvalue weighted by Crippen LogP contribution is 2.15. The molecule has 0 unspecified atom stereocenters. The van der Waals surface area contributed by atoms with Crippen molar-refractivity contribution in [2.24, 2.45) is 0 Å². The molecule has 21 heavy (non-hydrogen) atoms. The SMILES string of the molecule is Cc1cc2c(NCc3ccc(C(=O)O)cc3)nccn2n1. The molecule has 0 bridgehead atoms. The van der Waals surface area contributed by atoms with Crippen LogP contribution in [0.25, 0.3) is 5.52 Å². The van der Waals surface area contributed by atoms with Crippen LogP contribution < -0.4 is 5.32 Å². The van der Waals surface area contributed by atoms with E-state index < -0.39 is 5.97 Å². The molecule has 6 nitrogen and oxygen atoms in total. The van der Waals surface area contributed by atoms with Crippen LogP contribution in [0.15, 0.2) is 42.7 Å². The molecule has 0 radical (unpaired) electrons. The maximum atomic E-state index is 10.8. The average Bonchev–Trinajstić information content (AvgIpc) is 2.86. The second-order valence-electron chi connectivity index (χ2n) is 4.75. The summed E-state index contributed by atoms with van der Waals surface area (Å²) in [5, 5.41) is 16.4. The minimum absolute atomic E-state index is 0.283. The van der Waals surface area contributed by atoms with Gasteiger partial charge in [-0.1, -0.05) is 12.1 Å². The minimum atomic E-state index is -0.921. The monoisotopic (exact) mass is 282 g/mol. The predicted octanol–water partition coefficient (Wildman–Crippen LogP) is 2.35. The molecule has 0 amide bonds. The third kappa shape index (κ3) is 2.69. The summed E-state index contributed by atoms with van der Waals surface area (Å²) in [6.45, 7) is 2.50. The first-order valence-electron chi connectivity index (χ1n) is 6.50. The van der Waals surface area contributed by atoms with Crippen molar-refractivity contribution in [2.45, 2.75) is 13.5 Å². The third-order valence-corrected chi connectivity index (χ3v) is 3.17. The van der Waals surface area contributed by atoms with Gasteiger partial charge in [0.15, 0.2) is 5.82 Å². The highest BCUT2D eigenvalue weighted by Gasteiger charge is 2.06. The van der Waals surface area contributed by atoms with E-state index in [9.17, 15) is 4.79 Å². The van der Waals surface area contributed by atoms with Crippen molar-refractivity contribution in [1.82, 2.24) is 14.6 Å². The first-order valence-corrected chi connectivity index (χ1v) is 6.50. The first-order chi connectivity index (χ1) is 10.1. The van der Waals surface area contributed by atoms with Crippen LogP contribution in [0.1, 0.15) is 21.6 Å². The van der Waals surface area contributed by atoms with Gasteiger partial charge in [-0.3, -0.25) is 0 Å². The summed E-state index contributed by atoms with van der Waals surface area (Å²) in [5.74, 6) is -0.170. The Hall–Kier alpha value is -2.89. The molecule has 2 N–H and O–H groups in total. The lowest BCUT2D eigenvalue weighted by molar-refractivity contribution is 0.0697. The number of aryl methyl sites for hydroxylation is 1. The van der Waals surface area contributed by atoms with Crippen molar-refractivity contribution in [3.05, 3.63) is 59.5 Å². The Balaban J connectivity index is 1.78. The van der Waals surface area contributed by atoms with Gasteiger partial charge in [0.25, 0.3) is 0 Å². The number of carboxylic acid groups (broad SMARTS) is 1. The summed E-state index contributed by atoms with van der Waals surface area (Å²) in [4.78, 5) is 15.1. The molecule has 0 saturated carbocycles. The number of hydrogen-bond donors (Lipinski definition) is 2. The number of nitrogens with zero attached hydrogens (tertiary/aromatic N) is 3. The van der Waals surface area contributed by atoms with E-state index in [2.05, 4.69) is 15.4 Å². The molecule has 0 aliphatic carbocycles. The summed E-state index contributed by atoms with van der Waals surface area (Å²) in [5.41, 5.74) is 3.11. The Morgan fingerprint density at radius 1 is 1.33 bits per heavy atom. The van der Waals surface area contributed by atoms with Crippen LogP contribution >= 0.6 is 0 Å². The molecule has 2 aromatic heterocycles. The van der Waals surface area contributed by atoms with Crippen LogP contribution in [-0.4, -0.2) is 25.7 Å². The van der Waals surface area contributed by atoms with E-state index in [1.165, 1.54) is 0 Å². The lowest BCUT2D eigenvalue weighted by Crippen LogP contribution is -2.04. The number of benzene rings is 1. The summed E-state index contributed by atoms with van der Waals surface area (Å²) in [6, 6.07) is 8.73. The van der Waals surface area contributed by atoms with E-state index in [-0.39, 0.29) is 5.56 Å². The maximum absolute atomic E-state index is 10.8. The van der Waals surface area contributed by atoms with Gasteiger partial charge in [0.2, 0.25) is 0 Å². The number of nitrogens with one attached hydrogen (secondary N) is 1. The Kier molecular flexibility index (Phi) is 3.27. The number of carbonyl (C=O) groups is 1. The van der Waals surface area contributed by atoms with E-state index in [4.69, 9.17) is 5.11 Å². The minimum Gasteiger partial charge on any atom is -0.478 e. The van der Waals surface area contributed by atoms with Crippen molar-refractivity contribution < 1.29 is 9.90 Å². The zero-order valence-corrected chi connectivity index (χ0v) is 11.4. The molecule has 0 saturated heterocycles. The molecule has 6 heteroatoms. The van der Waals surface area contributed by atoms with E-state index in [0.717, 1.165) is 22.6 Å². The zero-order valence-electron chi connectivity index (χ0n) is 11.4. The Bertz CT molecular complexity index is 793. The van der Waals surface area contributed by atoms with E-state index in [1.54, 1.807) is 41.2 Å². The Morgan fingerprint density at radius 3 is 2.81 bits per heavy atom. The van der Waals surface area contributed by atoms with Crippen molar-refractivity contribution in [1.29, 1.82) is 0 Å². The van der Waals surface area contributed by atoms with E-state index in [1.807, 2.05) is 13.0 Å². The van der Waals surface area contributed by atoms with Gasteiger partial charge in [-0.05, 0) is 30.7 Å². The fourth-order valence-corrected chi connectivity index (χ4v) is 2.13. The molecule has 0 spiro atoms. The average molecular weight is 282 g/mol. The van der Waals surface area contributed by atoms with Crippen LogP contribution in [0.2, 0.25) is 0 Å². The van der Waals surface area contributed by atoms with E-state index in [0.29, 0.717) is 6.54 Å². The van der Waals surface area contributed by atoms with Gasteiger partial charge in [-0.2, -0.15) is 5.10 Å². The second kappa shape index (κ2) is 5.24. The van der Waals surface area contributed by atoms with Gasteiger partial charge in [0.1, 0.15) is 5.52 Å². The van der Waals surface area contributed by atoms with Gasteiger partial charge in [0.05, 0.1) is 11.3 Å². The zero-order chi connectivity index (χ0) is 14.8. The molecule has 0 atom stereocenters. The van der Waals surface area contributed by atoms with Crippen molar-refractivity contribution in [3.63, 3.8) is 0 Å². The van der Waals surface area contributed by atoms with Crippen LogP contribution in [0.3, 0.4) is 0 Å². The lowest BCUT2D eigenvalue weighted by Gasteiger charge is -2.07. The van der Waals surface area contributed by atoms with Gasteiger partial charge in [-0.15, -0.1) is 0 Å². The fourth-order valence-electron chi connectivity index (χ4n) is 2.13. The van der Waals surface area contributed by atoms with Gasteiger partial charge in [0, 0.05) is 18.9 Å². The van der Waals surface area contributed by atoms with Crippen LogP contribution in [0, 0.1) is 6.92 Å². The second-order valence-corrected chi connectivity index (χ2v) is 4.75. The fraction of sp³-hybridized carbons (Fsp3) is 0.133. The molecule has 1 aromatic carbocycles. The number of hydrogen-bond acceptors (Lipinski definition) is 4. The van der Waals surface area contributed by atoms with Gasteiger partial charge in [-0.25, -0.2) is 14.3 Å². The highest BCUT2D eigenvalue weighted by molar-refractivity contribution is 5.87. The summed E-state index contributed by atoms with van der Waals surface area (Å²) < 4.78 is 1.78. The molecule has 2 heterocycles. The number of aromatic nitrogens is 3. The smallest absolute Gasteiger partial charge is 0.335 e. The molecule has 3 rings (SSSR count). The lowest BCUT2D eigenvalue weighted by atomic mass is 10.1. The third-order valence-electron chi connectivity index (χ3n) is 3.17. The highest BCUT2D eigenvalue weighted by atomic mass is 16.4. The molecule has 3 aromatic rings. The van der Waals surface area contributed by atoms with Gasteiger partial charge >= 0.3 is 5.97 Å². The topological polar surface area (TPSA) is 79.5 Å². The number of rotatable bonds is 4. The van der Waals surface area contributed by atoms with Crippen molar-refractivity contribution in [3.8, 4) is 0 Å². The Morgan fingerprint density at radius 2 is 2.10 bits per heavy atom. The molecule has 106 valence electrons. The molecule has 0 aliphatic rings. The largest absolute Gasteiger partial charge is 0.478 e. The Labute approximate surface area is 121 Å². The van der Waals surface area contributed by atoms with Crippen LogP contribution in [0.4, 0.5) is 5.82 Å².